The number of hydrogen-bond acceptors (Lipinski definition) is 1. The van der Waals surface area contributed by atoms with E-state index < -0.39 is 5.97 Å². The number of fused-ring (bicyclic) bond motifs is 1. The van der Waals surface area contributed by atoms with Crippen molar-refractivity contribution in [3.8, 4) is 11.1 Å². The molecule has 26 heavy (non-hydrogen) atoms. The van der Waals surface area contributed by atoms with Crippen LogP contribution < -0.4 is 0 Å². The van der Waals surface area contributed by atoms with Gasteiger partial charge in [0.05, 0.1) is 0 Å². The third kappa shape index (κ3) is 3.23. The van der Waals surface area contributed by atoms with E-state index in [9.17, 15) is 4.79 Å². The summed E-state index contributed by atoms with van der Waals surface area (Å²) in [7, 11) is 1.95. The molecule has 1 aromatic carbocycles. The number of carbonyl (C=O) groups is 1. The summed E-state index contributed by atoms with van der Waals surface area (Å²) in [6.45, 7) is 11.5. The van der Waals surface area contributed by atoms with Crippen LogP contribution >= 0.6 is 0 Å². The van der Waals surface area contributed by atoms with Gasteiger partial charge in [-0.05, 0) is 71.1 Å². The molecule has 2 aromatic rings. The van der Waals surface area contributed by atoms with Crippen LogP contribution in [0.5, 0.6) is 0 Å². The largest absolute Gasteiger partial charge is 0.478 e. The van der Waals surface area contributed by atoms with Gasteiger partial charge in [0.25, 0.3) is 0 Å². The fraction of sp³-hybridized carbons (Fsp3) is 0.435. The molecule has 0 bridgehead atoms. The molecule has 3 rings (SSSR count). The SMILES string of the molecule is Cc1cc2c(cc1-c1cc(C=CC(=O)O)n(C)c1)C(C)(C)CCC2(C)C. The monoisotopic (exact) mass is 351 g/mol. The van der Waals surface area contributed by atoms with Crippen LogP contribution in [0.3, 0.4) is 0 Å². The van der Waals surface area contributed by atoms with Gasteiger partial charge in [0.15, 0.2) is 0 Å². The van der Waals surface area contributed by atoms with Crippen molar-refractivity contribution in [3.05, 3.63) is 52.9 Å². The number of hydrogen-bond donors (Lipinski definition) is 1. The highest BCUT2D eigenvalue weighted by Crippen LogP contribution is 2.47. The van der Waals surface area contributed by atoms with Gasteiger partial charge in [-0.2, -0.15) is 0 Å². The minimum Gasteiger partial charge on any atom is -0.478 e. The molecule has 0 spiro atoms. The van der Waals surface area contributed by atoms with E-state index in [0.29, 0.717) is 0 Å². The summed E-state index contributed by atoms with van der Waals surface area (Å²) in [5.74, 6) is -0.929. The first-order valence-electron chi connectivity index (χ1n) is 9.25. The Kier molecular flexibility index (Phi) is 4.38. The lowest BCUT2D eigenvalue weighted by molar-refractivity contribution is -0.131. The maximum atomic E-state index is 10.8. The molecule has 0 radical (unpaired) electrons. The normalized spacial score (nSPS) is 18.1. The van der Waals surface area contributed by atoms with Crippen molar-refractivity contribution in [1.29, 1.82) is 0 Å². The summed E-state index contributed by atoms with van der Waals surface area (Å²) in [6, 6.07) is 6.80. The lowest BCUT2D eigenvalue weighted by Crippen LogP contribution is -2.34. The Labute approximate surface area is 156 Å². The van der Waals surface area contributed by atoms with Crippen LogP contribution in [0.25, 0.3) is 17.2 Å². The number of aryl methyl sites for hydroxylation is 2. The Morgan fingerprint density at radius 2 is 1.65 bits per heavy atom. The third-order valence-electron chi connectivity index (χ3n) is 5.95. The minimum absolute atomic E-state index is 0.175. The van der Waals surface area contributed by atoms with Crippen LogP contribution in [-0.2, 0) is 22.7 Å². The Morgan fingerprint density at radius 1 is 1.08 bits per heavy atom. The van der Waals surface area contributed by atoms with Crippen molar-refractivity contribution in [2.24, 2.45) is 7.05 Å². The molecule has 3 nitrogen and oxygen atoms in total. The molecule has 3 heteroatoms. The van der Waals surface area contributed by atoms with E-state index in [-0.39, 0.29) is 10.8 Å². The fourth-order valence-electron chi connectivity index (χ4n) is 4.08. The van der Waals surface area contributed by atoms with Crippen molar-refractivity contribution >= 4 is 12.0 Å². The van der Waals surface area contributed by atoms with Crippen LogP contribution in [0.2, 0.25) is 0 Å². The molecule has 0 fully saturated rings. The smallest absolute Gasteiger partial charge is 0.328 e. The average molecular weight is 351 g/mol. The highest BCUT2D eigenvalue weighted by Gasteiger charge is 2.37. The van der Waals surface area contributed by atoms with E-state index in [0.717, 1.165) is 11.3 Å². The Morgan fingerprint density at radius 3 is 2.23 bits per heavy atom. The van der Waals surface area contributed by atoms with E-state index in [1.807, 2.05) is 11.6 Å². The Bertz CT molecular complexity index is 897. The first kappa shape index (κ1) is 18.5. The van der Waals surface area contributed by atoms with E-state index in [4.69, 9.17) is 5.11 Å². The summed E-state index contributed by atoms with van der Waals surface area (Å²) >= 11 is 0. The molecular weight excluding hydrogens is 322 g/mol. The Hall–Kier alpha value is -2.29. The highest BCUT2D eigenvalue weighted by molar-refractivity contribution is 5.85. The lowest BCUT2D eigenvalue weighted by atomic mass is 9.62. The number of carboxylic acid groups (broad SMARTS) is 1. The zero-order chi connectivity index (χ0) is 19.3. The van der Waals surface area contributed by atoms with E-state index in [1.54, 1.807) is 6.08 Å². The van der Waals surface area contributed by atoms with E-state index in [1.165, 1.54) is 41.2 Å². The summed E-state index contributed by atoms with van der Waals surface area (Å²) in [5, 5.41) is 8.88. The van der Waals surface area contributed by atoms with Crippen molar-refractivity contribution in [1.82, 2.24) is 4.57 Å². The van der Waals surface area contributed by atoms with Crippen molar-refractivity contribution in [3.63, 3.8) is 0 Å². The van der Waals surface area contributed by atoms with Crippen LogP contribution in [-0.4, -0.2) is 15.6 Å². The summed E-state index contributed by atoms with van der Waals surface area (Å²) in [5.41, 5.74) is 7.83. The number of aliphatic carboxylic acids is 1. The molecule has 1 heterocycles. The molecule has 0 atom stereocenters. The van der Waals surface area contributed by atoms with Crippen LogP contribution in [0.1, 0.15) is 62.9 Å². The second-order valence-electron chi connectivity index (χ2n) is 8.92. The molecule has 0 aliphatic heterocycles. The summed E-state index contributed by atoms with van der Waals surface area (Å²) < 4.78 is 1.97. The quantitative estimate of drug-likeness (QED) is 0.747. The third-order valence-corrected chi connectivity index (χ3v) is 5.95. The van der Waals surface area contributed by atoms with Crippen LogP contribution in [0.15, 0.2) is 30.5 Å². The number of carboxylic acids is 1. The van der Waals surface area contributed by atoms with Crippen LogP contribution in [0, 0.1) is 6.92 Å². The molecule has 1 aromatic heterocycles. The van der Waals surface area contributed by atoms with Gasteiger partial charge in [0, 0.05) is 30.6 Å². The number of aromatic nitrogens is 1. The van der Waals surface area contributed by atoms with Gasteiger partial charge >= 0.3 is 5.97 Å². The number of benzene rings is 1. The van der Waals surface area contributed by atoms with Gasteiger partial charge in [-0.25, -0.2) is 4.79 Å². The summed E-state index contributed by atoms with van der Waals surface area (Å²) in [6.07, 6.45) is 7.31. The Balaban J connectivity index is 2.13. The van der Waals surface area contributed by atoms with E-state index in [2.05, 4.69) is 59.0 Å². The van der Waals surface area contributed by atoms with Crippen molar-refractivity contribution in [2.75, 3.05) is 0 Å². The molecule has 0 unspecified atom stereocenters. The van der Waals surface area contributed by atoms with Crippen molar-refractivity contribution in [2.45, 2.75) is 58.3 Å². The zero-order valence-corrected chi connectivity index (χ0v) is 16.7. The van der Waals surface area contributed by atoms with Crippen molar-refractivity contribution < 1.29 is 9.90 Å². The van der Waals surface area contributed by atoms with Gasteiger partial charge in [-0.3, -0.25) is 0 Å². The zero-order valence-electron chi connectivity index (χ0n) is 16.7. The standard InChI is InChI=1S/C23H29NO2/c1-15-11-19-20(23(4,5)10-9-22(19,2)3)13-18(15)16-12-17(24(6)14-16)7-8-21(25)26/h7-8,11-14H,9-10H2,1-6H3,(H,25,26). The minimum atomic E-state index is -0.929. The van der Waals surface area contributed by atoms with E-state index >= 15 is 0 Å². The lowest BCUT2D eigenvalue weighted by Gasteiger charge is -2.42. The molecule has 1 aliphatic rings. The molecule has 0 amide bonds. The van der Waals surface area contributed by atoms with Crippen LogP contribution in [0.4, 0.5) is 0 Å². The topological polar surface area (TPSA) is 42.2 Å². The predicted octanol–water partition coefficient (Wildman–Crippen LogP) is 5.45. The maximum absolute atomic E-state index is 10.8. The van der Waals surface area contributed by atoms with Gasteiger partial charge in [0.2, 0.25) is 0 Å². The molecule has 0 saturated heterocycles. The van der Waals surface area contributed by atoms with Gasteiger partial charge in [-0.1, -0.05) is 33.8 Å². The molecule has 1 N–H and O–H groups in total. The molecule has 138 valence electrons. The fourth-order valence-corrected chi connectivity index (χ4v) is 4.08. The van der Waals surface area contributed by atoms with Gasteiger partial charge in [0.1, 0.15) is 0 Å². The number of rotatable bonds is 3. The first-order chi connectivity index (χ1) is 12.0. The van der Waals surface area contributed by atoms with Gasteiger partial charge < -0.3 is 9.67 Å². The maximum Gasteiger partial charge on any atom is 0.328 e. The first-order valence-corrected chi connectivity index (χ1v) is 9.25. The predicted molar refractivity (Wildman–Crippen MR) is 108 cm³/mol. The molecule has 1 aliphatic carbocycles. The summed E-state index contributed by atoms with van der Waals surface area (Å²) in [4.78, 5) is 10.8. The van der Waals surface area contributed by atoms with Gasteiger partial charge in [-0.15, -0.1) is 0 Å². The highest BCUT2D eigenvalue weighted by atomic mass is 16.4. The average Bonchev–Trinajstić information content (AvgIpc) is 2.90. The molecular formula is C23H29NO2. The second-order valence-corrected chi connectivity index (χ2v) is 8.92. The molecule has 0 saturated carbocycles. The number of nitrogens with zero attached hydrogens (tertiary/aromatic N) is 1. The second kappa shape index (κ2) is 6.15.